The Morgan fingerprint density at radius 3 is 2.76 bits per heavy atom. The van der Waals surface area contributed by atoms with Crippen molar-refractivity contribution in [3.8, 4) is 29.0 Å². The molecule has 11 nitrogen and oxygen atoms in total. The molecule has 1 aliphatic carbocycles. The Kier molecular flexibility index (Phi) is 7.79. The molecule has 0 atom stereocenters. The van der Waals surface area contributed by atoms with Crippen molar-refractivity contribution in [2.24, 2.45) is 10.6 Å². The Morgan fingerprint density at radius 2 is 2.05 bits per heavy atom. The zero-order valence-electron chi connectivity index (χ0n) is 22.3. The van der Waals surface area contributed by atoms with Gasteiger partial charge in [0.1, 0.15) is 18.0 Å². The monoisotopic (exact) mass is 580 g/mol. The molecule has 41 heavy (non-hydrogen) atoms. The standard InChI is InChI=1S/C28H29FN6O5S/c1-2-39-27-21(4-3-9-33-27)22-6-8-24(25(34-22)26(36)32-10-11-41(31,37)38)40-20-13-28(14-20)16-35(17-28)23-7-5-19(29)12-18(23)15-30/h3-9,12,20H,2,10-11,13-14,16-17H2,1H3,(H,32,36)(H2,31,37,38). The third-order valence-electron chi connectivity index (χ3n) is 7.16. The van der Waals surface area contributed by atoms with E-state index in [0.717, 1.165) is 12.8 Å². The number of hydrogen-bond donors (Lipinski definition) is 2. The summed E-state index contributed by atoms with van der Waals surface area (Å²) >= 11 is 0. The predicted octanol–water partition coefficient (Wildman–Crippen LogP) is 2.62. The van der Waals surface area contributed by atoms with Gasteiger partial charge in [-0.05, 0) is 62.2 Å². The molecular weight excluding hydrogens is 551 g/mol. The number of hydrogen-bond acceptors (Lipinski definition) is 9. The van der Waals surface area contributed by atoms with Gasteiger partial charge in [-0.1, -0.05) is 0 Å². The van der Waals surface area contributed by atoms with Gasteiger partial charge in [-0.2, -0.15) is 5.26 Å². The van der Waals surface area contributed by atoms with Gasteiger partial charge in [0.05, 0.1) is 34.9 Å². The fraction of sp³-hybridized carbons (Fsp3) is 0.357. The van der Waals surface area contributed by atoms with Crippen LogP contribution in [0.15, 0.2) is 48.7 Å². The molecule has 13 heteroatoms. The first kappa shape index (κ1) is 28.3. The van der Waals surface area contributed by atoms with E-state index in [4.69, 9.17) is 14.6 Å². The number of halogens is 1. The Bertz CT molecular complexity index is 1610. The van der Waals surface area contributed by atoms with E-state index in [9.17, 15) is 22.9 Å². The maximum absolute atomic E-state index is 13.5. The number of nitrogens with two attached hydrogens (primary N) is 1. The Morgan fingerprint density at radius 1 is 1.27 bits per heavy atom. The van der Waals surface area contributed by atoms with Crippen LogP contribution in [0.5, 0.6) is 11.6 Å². The van der Waals surface area contributed by atoms with E-state index in [1.807, 2.05) is 6.92 Å². The fourth-order valence-electron chi connectivity index (χ4n) is 5.32. The summed E-state index contributed by atoms with van der Waals surface area (Å²) in [5.74, 6) is -0.830. The van der Waals surface area contributed by atoms with Crippen LogP contribution in [0, 0.1) is 22.6 Å². The van der Waals surface area contributed by atoms with Gasteiger partial charge in [-0.25, -0.2) is 27.9 Å². The van der Waals surface area contributed by atoms with Gasteiger partial charge in [0.15, 0.2) is 11.4 Å². The van der Waals surface area contributed by atoms with Gasteiger partial charge in [-0.15, -0.1) is 0 Å². The number of aromatic nitrogens is 2. The van der Waals surface area contributed by atoms with E-state index >= 15 is 0 Å². The number of nitrogens with zero attached hydrogens (tertiary/aromatic N) is 4. The summed E-state index contributed by atoms with van der Waals surface area (Å²) in [6, 6.07) is 13.2. The van der Waals surface area contributed by atoms with Gasteiger partial charge in [0, 0.05) is 31.2 Å². The van der Waals surface area contributed by atoms with Crippen molar-refractivity contribution >= 4 is 21.6 Å². The lowest BCUT2D eigenvalue weighted by atomic mass is 9.61. The highest BCUT2D eigenvalue weighted by molar-refractivity contribution is 7.89. The smallest absolute Gasteiger partial charge is 0.273 e. The normalized spacial score (nSPS) is 15.9. The second kappa shape index (κ2) is 11.3. The molecule has 214 valence electrons. The molecule has 3 heterocycles. The predicted molar refractivity (Wildman–Crippen MR) is 148 cm³/mol. The summed E-state index contributed by atoms with van der Waals surface area (Å²) in [5, 5.41) is 17.0. The lowest BCUT2D eigenvalue weighted by molar-refractivity contribution is -0.0344. The minimum absolute atomic E-state index is 0.00406. The highest BCUT2D eigenvalue weighted by Gasteiger charge is 2.54. The third kappa shape index (κ3) is 6.23. The first-order chi connectivity index (χ1) is 19.6. The highest BCUT2D eigenvalue weighted by Crippen LogP contribution is 2.51. The summed E-state index contributed by atoms with van der Waals surface area (Å²) in [7, 11) is -3.76. The molecule has 1 amide bonds. The molecule has 2 aromatic heterocycles. The number of ether oxygens (including phenoxy) is 2. The van der Waals surface area contributed by atoms with E-state index in [0.29, 0.717) is 48.1 Å². The Hall–Kier alpha value is -4.28. The number of nitriles is 1. The SMILES string of the molecule is CCOc1ncccc1-c1ccc(OC2CC3(C2)CN(c2ccc(F)cc2C#N)C3)c(C(=O)NCCS(N)(=O)=O)n1. The second-order valence-electron chi connectivity index (χ2n) is 10.2. The molecular formula is C28H29FN6O5S. The van der Waals surface area contributed by atoms with E-state index in [2.05, 4.69) is 26.3 Å². The van der Waals surface area contributed by atoms with Gasteiger partial charge in [0.2, 0.25) is 15.9 Å². The first-order valence-corrected chi connectivity index (χ1v) is 14.8. The zero-order valence-corrected chi connectivity index (χ0v) is 23.2. The molecule has 3 N–H and O–H groups in total. The number of amides is 1. The maximum atomic E-state index is 13.5. The topological polar surface area (TPSA) is 161 Å². The lowest BCUT2D eigenvalue weighted by Crippen LogP contribution is -2.65. The molecule has 5 rings (SSSR count). The number of rotatable bonds is 10. The second-order valence-corrected chi connectivity index (χ2v) is 12.0. The molecule has 1 spiro atoms. The number of benzene rings is 1. The molecule has 1 aliphatic heterocycles. The molecule has 1 aromatic carbocycles. The zero-order chi connectivity index (χ0) is 29.2. The van der Waals surface area contributed by atoms with Crippen molar-refractivity contribution < 1.29 is 27.1 Å². The molecule has 3 aromatic rings. The van der Waals surface area contributed by atoms with E-state index < -0.39 is 27.5 Å². The summed E-state index contributed by atoms with van der Waals surface area (Å²) in [6.45, 7) is 3.48. The van der Waals surface area contributed by atoms with Crippen LogP contribution in [0.1, 0.15) is 35.8 Å². The number of sulfonamides is 1. The van der Waals surface area contributed by atoms with E-state index in [-0.39, 0.29) is 29.5 Å². The summed E-state index contributed by atoms with van der Waals surface area (Å²) < 4.78 is 48.0. The van der Waals surface area contributed by atoms with Crippen LogP contribution >= 0.6 is 0 Å². The quantitative estimate of drug-likeness (QED) is 0.367. The summed E-state index contributed by atoms with van der Waals surface area (Å²) in [5.41, 5.74) is 2.07. The summed E-state index contributed by atoms with van der Waals surface area (Å²) in [6.07, 6.45) is 2.90. The summed E-state index contributed by atoms with van der Waals surface area (Å²) in [4.78, 5) is 24.0. The van der Waals surface area contributed by atoms with Crippen LogP contribution in [0.25, 0.3) is 11.3 Å². The van der Waals surface area contributed by atoms with Crippen LogP contribution in [-0.4, -0.2) is 62.4 Å². The van der Waals surface area contributed by atoms with Crippen LogP contribution in [0.3, 0.4) is 0 Å². The van der Waals surface area contributed by atoms with Crippen molar-refractivity contribution in [3.63, 3.8) is 0 Å². The number of pyridine rings is 2. The highest BCUT2D eigenvalue weighted by atomic mass is 32.2. The minimum atomic E-state index is -3.76. The van der Waals surface area contributed by atoms with Crippen LogP contribution < -0.4 is 24.8 Å². The Balaban J connectivity index is 1.31. The van der Waals surface area contributed by atoms with Crippen LogP contribution in [0.4, 0.5) is 10.1 Å². The minimum Gasteiger partial charge on any atom is -0.488 e. The van der Waals surface area contributed by atoms with Crippen molar-refractivity contribution in [1.82, 2.24) is 15.3 Å². The average molecular weight is 581 g/mol. The largest absolute Gasteiger partial charge is 0.488 e. The van der Waals surface area contributed by atoms with Crippen LogP contribution in [0.2, 0.25) is 0 Å². The van der Waals surface area contributed by atoms with E-state index in [1.165, 1.54) is 12.1 Å². The molecule has 0 bridgehead atoms. The van der Waals surface area contributed by atoms with Gasteiger partial charge >= 0.3 is 0 Å². The maximum Gasteiger partial charge on any atom is 0.273 e. The van der Waals surface area contributed by atoms with Gasteiger partial charge in [-0.3, -0.25) is 4.79 Å². The first-order valence-electron chi connectivity index (χ1n) is 13.1. The van der Waals surface area contributed by atoms with Crippen molar-refractivity contribution in [2.75, 3.05) is 36.9 Å². The van der Waals surface area contributed by atoms with E-state index in [1.54, 1.807) is 36.5 Å². The number of carbonyl (C=O) groups excluding carboxylic acids is 1. The third-order valence-corrected chi connectivity index (χ3v) is 7.93. The Labute approximate surface area is 237 Å². The average Bonchev–Trinajstić information content (AvgIpc) is 2.89. The fourth-order valence-corrected chi connectivity index (χ4v) is 5.70. The van der Waals surface area contributed by atoms with Crippen molar-refractivity contribution in [2.45, 2.75) is 25.9 Å². The molecule has 0 radical (unpaired) electrons. The molecule has 1 saturated carbocycles. The molecule has 2 fully saturated rings. The van der Waals surface area contributed by atoms with Gasteiger partial charge in [0.25, 0.3) is 5.91 Å². The number of primary sulfonamides is 1. The lowest BCUT2D eigenvalue weighted by Gasteiger charge is -2.59. The van der Waals surface area contributed by atoms with Crippen LogP contribution in [-0.2, 0) is 10.0 Å². The molecule has 2 aliphatic rings. The number of nitrogens with one attached hydrogen (secondary N) is 1. The van der Waals surface area contributed by atoms with Crippen molar-refractivity contribution in [1.29, 1.82) is 5.26 Å². The van der Waals surface area contributed by atoms with Gasteiger partial charge < -0.3 is 19.7 Å². The van der Waals surface area contributed by atoms with Crippen molar-refractivity contribution in [3.05, 3.63) is 65.7 Å². The number of carbonyl (C=O) groups is 1. The molecule has 1 saturated heterocycles. The number of anilines is 1. The molecule has 0 unspecified atom stereocenters.